The molecule has 37 heavy (non-hydrogen) atoms. The van der Waals surface area contributed by atoms with Crippen LogP contribution in [0.3, 0.4) is 0 Å². The Balaban J connectivity index is 3.50. The van der Waals surface area contributed by atoms with Crippen molar-refractivity contribution >= 4 is 23.8 Å². The number of hydrogen-bond donors (Lipinski definition) is 3. The number of amides is 4. The molecule has 1 aromatic carbocycles. The SMILES string of the molecule is CCCCN(C(=O)C(CCC(N)=O)NC(=O)OC(C)(C)C)C(C(=O)NC(C)CCC)c1ccccc1C. The normalized spacial score (nSPS) is 13.7. The fourth-order valence-corrected chi connectivity index (χ4v) is 4.06. The predicted octanol–water partition coefficient (Wildman–Crippen LogP) is 4.13. The van der Waals surface area contributed by atoms with Crippen LogP contribution in [0.15, 0.2) is 24.3 Å². The Morgan fingerprint density at radius 1 is 1.03 bits per heavy atom. The van der Waals surface area contributed by atoms with Crippen LogP contribution in [0.1, 0.15) is 97.2 Å². The number of hydrogen-bond acceptors (Lipinski definition) is 5. The van der Waals surface area contributed by atoms with Crippen molar-refractivity contribution in [3.63, 3.8) is 0 Å². The third-order valence-corrected chi connectivity index (χ3v) is 5.86. The number of benzene rings is 1. The zero-order valence-electron chi connectivity index (χ0n) is 23.6. The Morgan fingerprint density at radius 2 is 1.68 bits per heavy atom. The van der Waals surface area contributed by atoms with Crippen LogP contribution in [0.25, 0.3) is 0 Å². The monoisotopic (exact) mass is 518 g/mol. The van der Waals surface area contributed by atoms with Crippen LogP contribution in [0, 0.1) is 6.92 Å². The van der Waals surface area contributed by atoms with Crippen LogP contribution in [-0.2, 0) is 19.1 Å². The quantitative estimate of drug-likeness (QED) is 0.341. The standard InChI is InChI=1S/C28H46N4O5/c1-8-10-18-32(26(35)22(16-17-23(29)33)31-27(36)37-28(5,6)7)24(21-15-12-11-14-19(21)3)25(34)30-20(4)13-9-2/h11-12,14-15,20,22,24H,8-10,13,16-18H2,1-7H3,(H2,29,33)(H,30,34)(H,31,36). The number of primary amides is 1. The van der Waals surface area contributed by atoms with Gasteiger partial charge in [0.1, 0.15) is 17.7 Å². The molecule has 0 aliphatic heterocycles. The summed E-state index contributed by atoms with van der Waals surface area (Å²) in [6.07, 6.45) is 2.26. The summed E-state index contributed by atoms with van der Waals surface area (Å²) in [7, 11) is 0. The van der Waals surface area contributed by atoms with Gasteiger partial charge in [0.15, 0.2) is 0 Å². The molecule has 0 spiro atoms. The molecule has 9 heteroatoms. The smallest absolute Gasteiger partial charge is 0.408 e. The van der Waals surface area contributed by atoms with Crippen molar-refractivity contribution < 1.29 is 23.9 Å². The summed E-state index contributed by atoms with van der Waals surface area (Å²) >= 11 is 0. The maximum Gasteiger partial charge on any atom is 0.408 e. The first-order valence-electron chi connectivity index (χ1n) is 13.2. The van der Waals surface area contributed by atoms with Gasteiger partial charge in [-0.3, -0.25) is 14.4 Å². The summed E-state index contributed by atoms with van der Waals surface area (Å²) in [6, 6.07) is 5.39. The number of nitrogens with zero attached hydrogens (tertiary/aromatic N) is 1. The highest BCUT2D eigenvalue weighted by Gasteiger charge is 2.37. The highest BCUT2D eigenvalue weighted by atomic mass is 16.6. The summed E-state index contributed by atoms with van der Waals surface area (Å²) < 4.78 is 5.36. The number of carbonyl (C=O) groups excluding carboxylic acids is 4. The molecule has 3 atom stereocenters. The van der Waals surface area contributed by atoms with Crippen LogP contribution in [0.5, 0.6) is 0 Å². The Labute approximate surface area is 221 Å². The third kappa shape index (κ3) is 11.2. The van der Waals surface area contributed by atoms with E-state index >= 15 is 0 Å². The molecule has 3 unspecified atom stereocenters. The second-order valence-electron chi connectivity index (χ2n) is 10.5. The van der Waals surface area contributed by atoms with Gasteiger partial charge < -0.3 is 26.0 Å². The van der Waals surface area contributed by atoms with Gasteiger partial charge in [0.25, 0.3) is 0 Å². The van der Waals surface area contributed by atoms with E-state index in [4.69, 9.17) is 10.5 Å². The number of nitrogens with one attached hydrogen (secondary N) is 2. The Kier molecular flexibility index (Phi) is 13.1. The molecule has 4 amide bonds. The third-order valence-electron chi connectivity index (χ3n) is 5.86. The number of alkyl carbamates (subject to hydrolysis) is 1. The van der Waals surface area contributed by atoms with Gasteiger partial charge in [-0.15, -0.1) is 0 Å². The van der Waals surface area contributed by atoms with E-state index in [1.165, 1.54) is 4.90 Å². The molecular formula is C28H46N4O5. The van der Waals surface area contributed by atoms with E-state index < -0.39 is 35.6 Å². The summed E-state index contributed by atoms with van der Waals surface area (Å²) in [4.78, 5) is 53.4. The lowest BCUT2D eigenvalue weighted by atomic mass is 9.97. The topological polar surface area (TPSA) is 131 Å². The van der Waals surface area contributed by atoms with Crippen molar-refractivity contribution in [3.8, 4) is 0 Å². The van der Waals surface area contributed by atoms with E-state index in [0.717, 1.165) is 24.8 Å². The molecular weight excluding hydrogens is 472 g/mol. The molecule has 0 aliphatic rings. The minimum absolute atomic E-state index is 0.00954. The molecule has 0 aromatic heterocycles. The number of aryl methyl sites for hydroxylation is 1. The van der Waals surface area contributed by atoms with Crippen molar-refractivity contribution in [2.45, 2.75) is 111 Å². The Morgan fingerprint density at radius 3 is 2.22 bits per heavy atom. The van der Waals surface area contributed by atoms with Crippen LogP contribution in [0.2, 0.25) is 0 Å². The van der Waals surface area contributed by atoms with Crippen LogP contribution in [0.4, 0.5) is 4.79 Å². The second-order valence-corrected chi connectivity index (χ2v) is 10.5. The molecule has 0 saturated heterocycles. The van der Waals surface area contributed by atoms with E-state index in [9.17, 15) is 19.2 Å². The summed E-state index contributed by atoms with van der Waals surface area (Å²) in [6.45, 7) is 13.3. The van der Waals surface area contributed by atoms with Crippen LogP contribution < -0.4 is 16.4 Å². The van der Waals surface area contributed by atoms with Gasteiger partial charge in [0, 0.05) is 19.0 Å². The first-order valence-corrected chi connectivity index (χ1v) is 13.2. The van der Waals surface area contributed by atoms with Crippen LogP contribution in [-0.4, -0.2) is 52.9 Å². The van der Waals surface area contributed by atoms with Crippen molar-refractivity contribution in [1.29, 1.82) is 0 Å². The van der Waals surface area contributed by atoms with E-state index in [2.05, 4.69) is 10.6 Å². The molecule has 0 bridgehead atoms. The van der Waals surface area contributed by atoms with E-state index in [1.807, 2.05) is 52.0 Å². The number of nitrogens with two attached hydrogens (primary N) is 1. The van der Waals surface area contributed by atoms with Crippen molar-refractivity contribution in [2.75, 3.05) is 6.54 Å². The van der Waals surface area contributed by atoms with Gasteiger partial charge in [-0.25, -0.2) is 4.79 Å². The molecule has 0 radical (unpaired) electrons. The average Bonchev–Trinajstić information content (AvgIpc) is 2.78. The molecule has 1 rings (SSSR count). The van der Waals surface area contributed by atoms with Crippen molar-refractivity contribution in [2.24, 2.45) is 5.73 Å². The van der Waals surface area contributed by atoms with Gasteiger partial charge in [-0.1, -0.05) is 51.0 Å². The first-order chi connectivity index (χ1) is 17.3. The predicted molar refractivity (Wildman–Crippen MR) is 145 cm³/mol. The maximum atomic E-state index is 14.0. The highest BCUT2D eigenvalue weighted by molar-refractivity contribution is 5.92. The van der Waals surface area contributed by atoms with Crippen LogP contribution >= 0.6 is 0 Å². The van der Waals surface area contributed by atoms with Crippen molar-refractivity contribution in [1.82, 2.24) is 15.5 Å². The van der Waals surface area contributed by atoms with E-state index in [0.29, 0.717) is 18.5 Å². The number of ether oxygens (including phenoxy) is 1. The van der Waals surface area contributed by atoms with Gasteiger partial charge in [-0.05, 0) is 65.0 Å². The molecule has 0 heterocycles. The zero-order valence-corrected chi connectivity index (χ0v) is 23.6. The lowest BCUT2D eigenvalue weighted by Crippen LogP contribution is -2.54. The Hall–Kier alpha value is -3.10. The fourth-order valence-electron chi connectivity index (χ4n) is 4.06. The zero-order chi connectivity index (χ0) is 28.2. The molecule has 208 valence electrons. The maximum absolute atomic E-state index is 14.0. The highest BCUT2D eigenvalue weighted by Crippen LogP contribution is 2.27. The summed E-state index contributed by atoms with van der Waals surface area (Å²) in [5.41, 5.74) is 6.16. The lowest BCUT2D eigenvalue weighted by Gasteiger charge is -2.35. The van der Waals surface area contributed by atoms with Crippen molar-refractivity contribution in [3.05, 3.63) is 35.4 Å². The largest absolute Gasteiger partial charge is 0.444 e. The first kappa shape index (κ1) is 31.9. The lowest BCUT2D eigenvalue weighted by molar-refractivity contribution is -0.143. The fraction of sp³-hybridized carbons (Fsp3) is 0.643. The molecule has 9 nitrogen and oxygen atoms in total. The molecule has 1 aromatic rings. The molecule has 0 fully saturated rings. The Bertz CT molecular complexity index is 912. The second kappa shape index (κ2) is 15.2. The van der Waals surface area contributed by atoms with E-state index in [-0.39, 0.29) is 24.8 Å². The molecule has 0 aliphatic carbocycles. The number of rotatable bonds is 14. The molecule has 4 N–H and O–H groups in total. The molecule has 0 saturated carbocycles. The van der Waals surface area contributed by atoms with Gasteiger partial charge in [0.2, 0.25) is 17.7 Å². The van der Waals surface area contributed by atoms with Gasteiger partial charge in [-0.2, -0.15) is 0 Å². The van der Waals surface area contributed by atoms with Gasteiger partial charge in [0.05, 0.1) is 0 Å². The summed E-state index contributed by atoms with van der Waals surface area (Å²) in [5.74, 6) is -1.34. The minimum atomic E-state index is -1.09. The summed E-state index contributed by atoms with van der Waals surface area (Å²) in [5, 5.41) is 5.68. The van der Waals surface area contributed by atoms with E-state index in [1.54, 1.807) is 20.8 Å². The number of carbonyl (C=O) groups is 4. The van der Waals surface area contributed by atoms with Gasteiger partial charge >= 0.3 is 6.09 Å². The average molecular weight is 519 g/mol. The minimum Gasteiger partial charge on any atom is -0.444 e. The number of unbranched alkanes of at least 4 members (excludes halogenated alkanes) is 1.